The van der Waals surface area contributed by atoms with Crippen molar-refractivity contribution in [3.63, 3.8) is 0 Å². The molecule has 2 aromatic rings. The molecule has 6 heteroatoms. The van der Waals surface area contributed by atoms with Gasteiger partial charge in [0.2, 0.25) is 0 Å². The fourth-order valence-electron chi connectivity index (χ4n) is 1.96. The van der Waals surface area contributed by atoms with Gasteiger partial charge in [-0.3, -0.25) is 4.79 Å². The van der Waals surface area contributed by atoms with Crippen LogP contribution in [0.1, 0.15) is 29.8 Å². The third-order valence-corrected chi connectivity index (χ3v) is 3.54. The maximum absolute atomic E-state index is 13.1. The zero-order chi connectivity index (χ0) is 15.6. The molecule has 0 fully saturated rings. The molecule has 110 valence electrons. The largest absolute Gasteiger partial charge is 0.343 e. The van der Waals surface area contributed by atoms with Crippen molar-refractivity contribution in [2.45, 2.75) is 19.4 Å². The average molecular weight is 327 g/mol. The van der Waals surface area contributed by atoms with Gasteiger partial charge in [-0.2, -0.15) is 0 Å². The summed E-state index contributed by atoms with van der Waals surface area (Å²) >= 11 is 11.8. The van der Waals surface area contributed by atoms with E-state index < -0.39 is 11.4 Å². The Morgan fingerprint density at radius 1 is 1.24 bits per heavy atom. The van der Waals surface area contributed by atoms with E-state index in [4.69, 9.17) is 23.2 Å². The molecular formula is C15H13Cl2FN2O. The molecule has 0 aliphatic heterocycles. The molecule has 0 aliphatic rings. The lowest BCUT2D eigenvalue weighted by Gasteiger charge is -2.28. The summed E-state index contributed by atoms with van der Waals surface area (Å²) in [6.07, 6.45) is 1.45. The minimum atomic E-state index is -0.766. The molecule has 1 aromatic carbocycles. The molecule has 0 saturated carbocycles. The van der Waals surface area contributed by atoms with Crippen molar-refractivity contribution < 1.29 is 9.18 Å². The first-order valence-corrected chi connectivity index (χ1v) is 6.95. The number of hydrogen-bond donors (Lipinski definition) is 1. The van der Waals surface area contributed by atoms with Gasteiger partial charge in [0.15, 0.2) is 0 Å². The van der Waals surface area contributed by atoms with Gasteiger partial charge in [0.25, 0.3) is 5.91 Å². The summed E-state index contributed by atoms with van der Waals surface area (Å²) in [5, 5.41) is 3.34. The van der Waals surface area contributed by atoms with Crippen molar-refractivity contribution >= 4 is 29.1 Å². The van der Waals surface area contributed by atoms with E-state index in [9.17, 15) is 9.18 Å². The lowest BCUT2D eigenvalue weighted by molar-refractivity contribution is 0.0912. The fourth-order valence-corrected chi connectivity index (χ4v) is 2.54. The summed E-state index contributed by atoms with van der Waals surface area (Å²) in [7, 11) is 0. The highest BCUT2D eigenvalue weighted by Gasteiger charge is 2.26. The Labute approximate surface area is 132 Å². The number of aromatic nitrogens is 1. The molecule has 2 rings (SSSR count). The maximum atomic E-state index is 13.1. The molecule has 0 saturated heterocycles. The van der Waals surface area contributed by atoms with Gasteiger partial charge in [-0.05, 0) is 43.7 Å². The Bertz CT molecular complexity index is 689. The van der Waals surface area contributed by atoms with Crippen LogP contribution in [0, 0.1) is 5.82 Å². The summed E-state index contributed by atoms with van der Waals surface area (Å²) in [4.78, 5) is 16.1. The molecule has 0 unspecified atom stereocenters. The summed E-state index contributed by atoms with van der Waals surface area (Å²) in [5.41, 5.74) is 0.248. The van der Waals surface area contributed by atoms with Crippen LogP contribution in [0.3, 0.4) is 0 Å². The third kappa shape index (κ3) is 3.71. The fraction of sp³-hybridized carbons (Fsp3) is 0.200. The first kappa shape index (κ1) is 15.7. The molecule has 3 nitrogen and oxygen atoms in total. The van der Waals surface area contributed by atoms with Crippen LogP contribution in [0.2, 0.25) is 10.2 Å². The Balaban J connectivity index is 2.26. The molecule has 1 aromatic heterocycles. The van der Waals surface area contributed by atoms with Crippen LogP contribution in [-0.2, 0) is 5.54 Å². The van der Waals surface area contributed by atoms with Crippen LogP contribution in [0.25, 0.3) is 0 Å². The number of hydrogen-bond acceptors (Lipinski definition) is 2. The number of carbonyl (C=O) groups excluding carboxylic acids is 1. The number of carbonyl (C=O) groups is 1. The minimum Gasteiger partial charge on any atom is -0.343 e. The number of amides is 1. The predicted molar refractivity (Wildman–Crippen MR) is 81.1 cm³/mol. The molecule has 0 spiro atoms. The summed E-state index contributed by atoms with van der Waals surface area (Å²) < 4.78 is 13.1. The van der Waals surface area contributed by atoms with Gasteiger partial charge in [0.05, 0.1) is 5.54 Å². The van der Waals surface area contributed by atoms with Crippen molar-refractivity contribution in [3.05, 3.63) is 63.6 Å². The second kappa shape index (κ2) is 6.00. The van der Waals surface area contributed by atoms with Crippen LogP contribution in [0.4, 0.5) is 4.39 Å². The van der Waals surface area contributed by atoms with Gasteiger partial charge in [-0.1, -0.05) is 29.3 Å². The highest BCUT2D eigenvalue weighted by Crippen LogP contribution is 2.28. The second-order valence-corrected chi connectivity index (χ2v) is 5.86. The number of nitrogens with one attached hydrogen (secondary N) is 1. The maximum Gasteiger partial charge on any atom is 0.252 e. The number of nitrogens with zero attached hydrogens (tertiary/aromatic N) is 1. The van der Waals surface area contributed by atoms with Crippen molar-refractivity contribution in [1.82, 2.24) is 10.3 Å². The molecule has 0 radical (unpaired) electrons. The molecule has 0 aliphatic carbocycles. The molecule has 21 heavy (non-hydrogen) atoms. The van der Waals surface area contributed by atoms with Gasteiger partial charge in [-0.25, -0.2) is 9.37 Å². The second-order valence-electron chi connectivity index (χ2n) is 5.07. The molecule has 1 amide bonds. The van der Waals surface area contributed by atoms with Crippen LogP contribution in [-0.4, -0.2) is 10.9 Å². The Kier molecular flexibility index (Phi) is 4.49. The average Bonchev–Trinajstić information content (AvgIpc) is 2.37. The smallest absolute Gasteiger partial charge is 0.252 e. The zero-order valence-corrected chi connectivity index (χ0v) is 13.0. The van der Waals surface area contributed by atoms with E-state index in [1.165, 1.54) is 24.4 Å². The summed E-state index contributed by atoms with van der Waals surface area (Å²) in [5.74, 6) is -0.739. The molecular weight excluding hydrogens is 314 g/mol. The van der Waals surface area contributed by atoms with Gasteiger partial charge in [0.1, 0.15) is 11.0 Å². The highest BCUT2D eigenvalue weighted by atomic mass is 35.5. The zero-order valence-electron chi connectivity index (χ0n) is 11.5. The first-order chi connectivity index (χ1) is 9.79. The van der Waals surface area contributed by atoms with E-state index in [0.717, 1.165) is 0 Å². The number of rotatable bonds is 3. The van der Waals surface area contributed by atoms with Crippen molar-refractivity contribution in [2.75, 3.05) is 0 Å². The normalized spacial score (nSPS) is 11.3. The lowest BCUT2D eigenvalue weighted by Crippen LogP contribution is -2.41. The first-order valence-electron chi connectivity index (χ1n) is 6.19. The van der Waals surface area contributed by atoms with E-state index in [-0.39, 0.29) is 16.1 Å². The van der Waals surface area contributed by atoms with Crippen molar-refractivity contribution in [3.8, 4) is 0 Å². The van der Waals surface area contributed by atoms with Gasteiger partial charge < -0.3 is 5.32 Å². The van der Waals surface area contributed by atoms with Crippen molar-refractivity contribution in [1.29, 1.82) is 0 Å². The van der Waals surface area contributed by atoms with E-state index in [0.29, 0.717) is 11.1 Å². The van der Waals surface area contributed by atoms with Crippen molar-refractivity contribution in [2.24, 2.45) is 0 Å². The standard InChI is InChI=1S/C15H13Cl2FN2O/c1-15(2,11-4-3-10(18)8-12(11)16)20-14(21)9-5-6-19-13(17)7-9/h3-8H,1-2H3,(H,20,21). The number of halogens is 3. The number of pyridine rings is 1. The summed E-state index contributed by atoms with van der Waals surface area (Å²) in [6.45, 7) is 3.57. The molecule has 1 heterocycles. The SMILES string of the molecule is CC(C)(NC(=O)c1ccnc(Cl)c1)c1ccc(F)cc1Cl. The summed E-state index contributed by atoms with van der Waals surface area (Å²) in [6, 6.07) is 7.10. The predicted octanol–water partition coefficient (Wildman–Crippen LogP) is 4.19. The molecule has 1 N–H and O–H groups in total. The Morgan fingerprint density at radius 2 is 1.95 bits per heavy atom. The van der Waals surface area contributed by atoms with Gasteiger partial charge in [0, 0.05) is 16.8 Å². The Morgan fingerprint density at radius 3 is 2.57 bits per heavy atom. The highest BCUT2D eigenvalue weighted by molar-refractivity contribution is 6.31. The van der Waals surface area contributed by atoms with E-state index >= 15 is 0 Å². The van der Waals surface area contributed by atoms with E-state index in [1.807, 2.05) is 0 Å². The van der Waals surface area contributed by atoms with Crippen LogP contribution in [0.5, 0.6) is 0 Å². The third-order valence-electron chi connectivity index (χ3n) is 3.02. The molecule has 0 atom stereocenters. The topological polar surface area (TPSA) is 42.0 Å². The van der Waals surface area contributed by atoms with Crippen LogP contribution >= 0.6 is 23.2 Å². The Hall–Kier alpha value is -1.65. The lowest BCUT2D eigenvalue weighted by atomic mass is 9.93. The minimum absolute atomic E-state index is 0.236. The van der Waals surface area contributed by atoms with Crippen LogP contribution < -0.4 is 5.32 Å². The van der Waals surface area contributed by atoms with E-state index in [2.05, 4.69) is 10.3 Å². The number of benzene rings is 1. The van der Waals surface area contributed by atoms with Crippen LogP contribution in [0.15, 0.2) is 36.5 Å². The van der Waals surface area contributed by atoms with Gasteiger partial charge >= 0.3 is 0 Å². The monoisotopic (exact) mass is 326 g/mol. The van der Waals surface area contributed by atoms with E-state index in [1.54, 1.807) is 26.0 Å². The molecule has 0 bridgehead atoms. The van der Waals surface area contributed by atoms with Gasteiger partial charge in [-0.15, -0.1) is 0 Å². The quantitative estimate of drug-likeness (QED) is 0.859.